The Hall–Kier alpha value is -3.49. The van der Waals surface area contributed by atoms with E-state index in [1.165, 1.54) is 23.1 Å². The van der Waals surface area contributed by atoms with E-state index in [1.807, 2.05) is 0 Å². The second kappa shape index (κ2) is 10.0. The number of rotatable bonds is 7. The van der Waals surface area contributed by atoms with Gasteiger partial charge in [-0.1, -0.05) is 24.3 Å². The van der Waals surface area contributed by atoms with Crippen LogP contribution in [0.3, 0.4) is 0 Å². The van der Waals surface area contributed by atoms with Crippen LogP contribution in [0.4, 0.5) is 14.5 Å². The summed E-state index contributed by atoms with van der Waals surface area (Å²) in [7, 11) is 0. The van der Waals surface area contributed by atoms with Crippen molar-refractivity contribution in [2.75, 3.05) is 18.4 Å². The molecule has 1 aliphatic heterocycles. The van der Waals surface area contributed by atoms with Crippen LogP contribution in [-0.4, -0.2) is 42.3 Å². The Bertz CT molecular complexity index is 950. The first-order chi connectivity index (χ1) is 14.8. The molecule has 2 aromatic carbocycles. The number of halogens is 2. The van der Waals surface area contributed by atoms with Crippen molar-refractivity contribution >= 4 is 23.4 Å². The molecular formula is C22H23F2N3O4. The summed E-state index contributed by atoms with van der Waals surface area (Å²) in [6, 6.07) is 12.6. The lowest BCUT2D eigenvalue weighted by Gasteiger charge is -2.32. The molecule has 2 aromatic rings. The molecule has 1 atom stereocenters. The first-order valence-electron chi connectivity index (χ1n) is 9.84. The largest absolute Gasteiger partial charge is 0.434 e. The Morgan fingerprint density at radius 1 is 1.13 bits per heavy atom. The number of hydrogen-bond acceptors (Lipinski definition) is 4. The highest BCUT2D eigenvalue weighted by Gasteiger charge is 2.30. The standard InChI is InChI=1S/C22H23F2N3O4/c23-22(24)31-18-6-2-1-5-17(18)21(30)27-11-3-4-15(13-27)20(29)26-16-9-7-14(8-10-16)12-19(25)28/h1-2,5-10,15,22H,3-4,11-13H2,(H2,25,28)(H,26,29). The third-order valence-electron chi connectivity index (χ3n) is 5.01. The number of nitrogens with one attached hydrogen (secondary N) is 1. The van der Waals surface area contributed by atoms with E-state index in [9.17, 15) is 23.2 Å². The molecule has 0 aliphatic carbocycles. The summed E-state index contributed by atoms with van der Waals surface area (Å²) in [5.74, 6) is -1.76. The maximum atomic E-state index is 12.9. The zero-order valence-electron chi connectivity index (χ0n) is 16.7. The number of alkyl halides is 2. The van der Waals surface area contributed by atoms with E-state index in [0.29, 0.717) is 25.1 Å². The van der Waals surface area contributed by atoms with Crippen molar-refractivity contribution in [1.29, 1.82) is 0 Å². The van der Waals surface area contributed by atoms with E-state index >= 15 is 0 Å². The Morgan fingerprint density at radius 3 is 2.52 bits per heavy atom. The quantitative estimate of drug-likeness (QED) is 0.704. The Balaban J connectivity index is 1.64. The zero-order chi connectivity index (χ0) is 22.4. The average Bonchev–Trinajstić information content (AvgIpc) is 2.74. The highest BCUT2D eigenvalue weighted by atomic mass is 19.3. The van der Waals surface area contributed by atoms with Gasteiger partial charge in [0.25, 0.3) is 5.91 Å². The highest BCUT2D eigenvalue weighted by molar-refractivity contribution is 5.98. The Labute approximate surface area is 178 Å². The minimum atomic E-state index is -3.04. The molecule has 0 radical (unpaired) electrons. The van der Waals surface area contributed by atoms with Gasteiger partial charge in [-0.3, -0.25) is 14.4 Å². The summed E-state index contributed by atoms with van der Waals surface area (Å²) in [6.45, 7) is -2.44. The molecule has 0 bridgehead atoms. The zero-order valence-corrected chi connectivity index (χ0v) is 16.7. The Kier molecular flexibility index (Phi) is 7.17. The third-order valence-corrected chi connectivity index (χ3v) is 5.01. The summed E-state index contributed by atoms with van der Waals surface area (Å²) >= 11 is 0. The molecule has 0 aromatic heterocycles. The van der Waals surface area contributed by atoms with Crippen molar-refractivity contribution in [3.63, 3.8) is 0 Å². The number of piperidine rings is 1. The van der Waals surface area contributed by atoms with Crippen LogP contribution in [-0.2, 0) is 16.0 Å². The molecule has 3 rings (SSSR count). The fourth-order valence-corrected chi connectivity index (χ4v) is 3.54. The van der Waals surface area contributed by atoms with Crippen LogP contribution in [0.25, 0.3) is 0 Å². The van der Waals surface area contributed by atoms with Crippen molar-refractivity contribution in [1.82, 2.24) is 4.90 Å². The van der Waals surface area contributed by atoms with Gasteiger partial charge in [-0.2, -0.15) is 8.78 Å². The number of nitrogens with two attached hydrogens (primary N) is 1. The average molecular weight is 431 g/mol. The molecule has 1 fully saturated rings. The molecule has 0 spiro atoms. The van der Waals surface area contributed by atoms with Crippen LogP contribution in [0.2, 0.25) is 0 Å². The van der Waals surface area contributed by atoms with Crippen LogP contribution < -0.4 is 15.8 Å². The summed E-state index contributed by atoms with van der Waals surface area (Å²) < 4.78 is 29.7. The number of carbonyl (C=O) groups excluding carboxylic acids is 3. The molecule has 1 unspecified atom stereocenters. The van der Waals surface area contributed by atoms with Crippen LogP contribution >= 0.6 is 0 Å². The van der Waals surface area contributed by atoms with E-state index in [2.05, 4.69) is 10.1 Å². The lowest BCUT2D eigenvalue weighted by molar-refractivity contribution is -0.121. The SMILES string of the molecule is NC(=O)Cc1ccc(NC(=O)C2CCCN(C(=O)c3ccccc3OC(F)F)C2)cc1. The second-order valence-electron chi connectivity index (χ2n) is 7.29. The van der Waals surface area contributed by atoms with Gasteiger partial charge < -0.3 is 20.7 Å². The number of amides is 3. The van der Waals surface area contributed by atoms with Crippen molar-refractivity contribution < 1.29 is 27.9 Å². The van der Waals surface area contributed by atoms with Crippen LogP contribution in [0.1, 0.15) is 28.8 Å². The predicted octanol–water partition coefficient (Wildman–Crippen LogP) is 2.81. The fourth-order valence-electron chi connectivity index (χ4n) is 3.54. The van der Waals surface area contributed by atoms with E-state index in [4.69, 9.17) is 5.73 Å². The lowest BCUT2D eigenvalue weighted by Crippen LogP contribution is -2.43. The number of primary amides is 1. The number of hydrogen-bond donors (Lipinski definition) is 2. The summed E-state index contributed by atoms with van der Waals surface area (Å²) in [5, 5.41) is 2.81. The van der Waals surface area contributed by atoms with Gasteiger partial charge in [0.15, 0.2) is 0 Å². The molecule has 3 N–H and O–H groups in total. The maximum Gasteiger partial charge on any atom is 0.387 e. The van der Waals surface area contributed by atoms with Gasteiger partial charge >= 0.3 is 6.61 Å². The van der Waals surface area contributed by atoms with Gasteiger partial charge in [0.05, 0.1) is 17.9 Å². The van der Waals surface area contributed by atoms with Gasteiger partial charge in [-0.25, -0.2) is 0 Å². The lowest BCUT2D eigenvalue weighted by atomic mass is 9.96. The van der Waals surface area contributed by atoms with Gasteiger partial charge in [-0.15, -0.1) is 0 Å². The highest BCUT2D eigenvalue weighted by Crippen LogP contribution is 2.25. The molecule has 9 heteroatoms. The van der Waals surface area contributed by atoms with E-state index in [0.717, 1.165) is 5.56 Å². The Morgan fingerprint density at radius 2 is 1.84 bits per heavy atom. The van der Waals surface area contributed by atoms with Crippen LogP contribution in [0, 0.1) is 5.92 Å². The van der Waals surface area contributed by atoms with Gasteiger partial charge in [0, 0.05) is 18.8 Å². The van der Waals surface area contributed by atoms with Gasteiger partial charge in [0.1, 0.15) is 5.75 Å². The minimum Gasteiger partial charge on any atom is -0.434 e. The summed E-state index contributed by atoms with van der Waals surface area (Å²) in [4.78, 5) is 38.0. The van der Waals surface area contributed by atoms with Crippen LogP contribution in [0.5, 0.6) is 5.75 Å². The predicted molar refractivity (Wildman–Crippen MR) is 110 cm³/mol. The van der Waals surface area contributed by atoms with E-state index in [1.54, 1.807) is 30.3 Å². The van der Waals surface area contributed by atoms with Gasteiger partial charge in [-0.05, 0) is 42.7 Å². The van der Waals surface area contributed by atoms with E-state index in [-0.39, 0.29) is 30.2 Å². The molecule has 1 saturated heterocycles. The van der Waals surface area contributed by atoms with Gasteiger partial charge in [0.2, 0.25) is 11.8 Å². The number of benzene rings is 2. The first kappa shape index (κ1) is 22.2. The number of ether oxygens (including phenoxy) is 1. The number of nitrogens with zero attached hydrogens (tertiary/aromatic N) is 1. The molecule has 0 saturated carbocycles. The smallest absolute Gasteiger partial charge is 0.387 e. The third kappa shape index (κ3) is 6.00. The minimum absolute atomic E-state index is 0.0360. The topological polar surface area (TPSA) is 102 Å². The van der Waals surface area contributed by atoms with Crippen molar-refractivity contribution in [3.05, 3.63) is 59.7 Å². The van der Waals surface area contributed by atoms with Crippen molar-refractivity contribution in [2.45, 2.75) is 25.9 Å². The van der Waals surface area contributed by atoms with Crippen molar-refractivity contribution in [2.24, 2.45) is 11.7 Å². The molecular weight excluding hydrogens is 408 g/mol. The molecule has 164 valence electrons. The molecule has 31 heavy (non-hydrogen) atoms. The number of carbonyl (C=O) groups is 3. The maximum absolute atomic E-state index is 12.9. The summed E-state index contributed by atoms with van der Waals surface area (Å²) in [5.41, 5.74) is 6.51. The number of likely N-dealkylation sites (tertiary alicyclic amines) is 1. The van der Waals surface area contributed by atoms with Crippen LogP contribution in [0.15, 0.2) is 48.5 Å². The number of para-hydroxylation sites is 1. The fraction of sp³-hybridized carbons (Fsp3) is 0.318. The van der Waals surface area contributed by atoms with E-state index < -0.39 is 24.3 Å². The number of anilines is 1. The van der Waals surface area contributed by atoms with Crippen molar-refractivity contribution in [3.8, 4) is 5.75 Å². The molecule has 1 aliphatic rings. The second-order valence-corrected chi connectivity index (χ2v) is 7.29. The summed E-state index contributed by atoms with van der Waals surface area (Å²) in [6.07, 6.45) is 1.33. The molecule has 7 nitrogen and oxygen atoms in total. The monoisotopic (exact) mass is 431 g/mol. The normalized spacial score (nSPS) is 16.1. The first-order valence-corrected chi connectivity index (χ1v) is 9.84. The molecule has 1 heterocycles. The molecule has 3 amide bonds.